The van der Waals surface area contributed by atoms with Crippen molar-refractivity contribution in [1.29, 1.82) is 0 Å². The van der Waals surface area contributed by atoms with Crippen molar-refractivity contribution < 1.29 is 14.2 Å². The van der Waals surface area contributed by atoms with E-state index in [-0.39, 0.29) is 23.9 Å². The summed E-state index contributed by atoms with van der Waals surface area (Å²) in [6.07, 6.45) is 0. The first-order valence-electron chi connectivity index (χ1n) is 5.70. The zero-order valence-electron chi connectivity index (χ0n) is 10.2. The van der Waals surface area contributed by atoms with Gasteiger partial charge in [0.25, 0.3) is 0 Å². The molecule has 1 aliphatic rings. The van der Waals surface area contributed by atoms with Crippen molar-refractivity contribution in [3.8, 4) is 0 Å². The number of aliphatic hydroxyl groups is 1. The van der Waals surface area contributed by atoms with Crippen LogP contribution in [0.1, 0.15) is 11.6 Å². The molecule has 2 rings (SSSR count). The molecule has 1 aromatic rings. The molecule has 1 saturated heterocycles. The van der Waals surface area contributed by atoms with Gasteiger partial charge in [-0.1, -0.05) is 18.2 Å². The third-order valence-corrected chi connectivity index (χ3v) is 3.39. The molecule has 1 fully saturated rings. The van der Waals surface area contributed by atoms with Gasteiger partial charge in [-0.15, -0.1) is 0 Å². The summed E-state index contributed by atoms with van der Waals surface area (Å²) in [5.74, 6) is -0.231. The van der Waals surface area contributed by atoms with Crippen LogP contribution in [0.3, 0.4) is 0 Å². The van der Waals surface area contributed by atoms with Crippen molar-refractivity contribution in [3.63, 3.8) is 0 Å². The van der Waals surface area contributed by atoms with Gasteiger partial charge in [-0.3, -0.25) is 0 Å². The monoisotopic (exact) mass is 239 g/mol. The molecule has 17 heavy (non-hydrogen) atoms. The third kappa shape index (κ3) is 2.08. The molecule has 3 nitrogen and oxygen atoms in total. The number of ether oxygens (including phenoxy) is 1. The van der Waals surface area contributed by atoms with Crippen LogP contribution in [0, 0.1) is 11.2 Å². The normalized spacial score (nSPS) is 20.1. The van der Waals surface area contributed by atoms with Crippen LogP contribution in [0.4, 0.5) is 4.39 Å². The van der Waals surface area contributed by atoms with Crippen molar-refractivity contribution >= 4 is 0 Å². The minimum absolute atomic E-state index is 0.00415. The maximum Gasteiger partial charge on any atom is 0.128 e. The Hall–Kier alpha value is -0.970. The van der Waals surface area contributed by atoms with E-state index in [0.29, 0.717) is 18.8 Å². The van der Waals surface area contributed by atoms with E-state index in [0.717, 1.165) is 0 Å². The van der Waals surface area contributed by atoms with E-state index in [1.54, 1.807) is 12.1 Å². The van der Waals surface area contributed by atoms with Gasteiger partial charge in [-0.05, 0) is 20.2 Å². The highest BCUT2D eigenvalue weighted by molar-refractivity contribution is 5.24. The molecule has 0 bridgehead atoms. The van der Waals surface area contributed by atoms with Crippen LogP contribution in [-0.2, 0) is 4.74 Å². The first-order chi connectivity index (χ1) is 8.10. The van der Waals surface area contributed by atoms with Gasteiger partial charge < -0.3 is 14.7 Å². The molecule has 1 heterocycles. The SMILES string of the molecule is CN(C)C(c1ccccc1F)C1(CO)COC1. The lowest BCUT2D eigenvalue weighted by molar-refractivity contribution is -0.172. The Morgan fingerprint density at radius 1 is 1.41 bits per heavy atom. The minimum Gasteiger partial charge on any atom is -0.396 e. The van der Waals surface area contributed by atoms with Crippen molar-refractivity contribution in [3.05, 3.63) is 35.6 Å². The van der Waals surface area contributed by atoms with Crippen LogP contribution < -0.4 is 0 Å². The van der Waals surface area contributed by atoms with Crippen molar-refractivity contribution in [1.82, 2.24) is 4.90 Å². The molecular weight excluding hydrogens is 221 g/mol. The first kappa shape index (κ1) is 12.5. The van der Waals surface area contributed by atoms with Gasteiger partial charge in [-0.2, -0.15) is 0 Å². The summed E-state index contributed by atoms with van der Waals surface area (Å²) < 4.78 is 19.1. The molecule has 1 atom stereocenters. The summed E-state index contributed by atoms with van der Waals surface area (Å²) in [4.78, 5) is 1.94. The van der Waals surface area contributed by atoms with E-state index in [1.807, 2.05) is 25.1 Å². The Labute approximate surface area is 101 Å². The van der Waals surface area contributed by atoms with Gasteiger partial charge >= 0.3 is 0 Å². The number of halogens is 1. The lowest BCUT2D eigenvalue weighted by Gasteiger charge is -2.48. The Morgan fingerprint density at radius 3 is 2.47 bits per heavy atom. The Morgan fingerprint density at radius 2 is 2.06 bits per heavy atom. The predicted octanol–water partition coefficient (Wildman–Crippen LogP) is 1.44. The molecule has 1 unspecified atom stereocenters. The summed E-state index contributed by atoms with van der Waals surface area (Å²) >= 11 is 0. The van der Waals surface area contributed by atoms with Gasteiger partial charge in [0.15, 0.2) is 0 Å². The van der Waals surface area contributed by atoms with Crippen molar-refractivity contribution in [2.45, 2.75) is 6.04 Å². The Kier molecular flexibility index (Phi) is 3.47. The third-order valence-electron chi connectivity index (χ3n) is 3.39. The predicted molar refractivity (Wildman–Crippen MR) is 63.2 cm³/mol. The standard InChI is InChI=1S/C13H18FNO2/c1-15(2)12(13(7-16)8-17-9-13)10-5-3-4-6-11(10)14/h3-6,12,16H,7-9H2,1-2H3. The highest BCUT2D eigenvalue weighted by Crippen LogP contribution is 2.43. The lowest BCUT2D eigenvalue weighted by Crippen LogP contribution is -2.54. The number of rotatable bonds is 4. The maximum atomic E-state index is 13.9. The van der Waals surface area contributed by atoms with Crippen LogP contribution in [0.2, 0.25) is 0 Å². The molecule has 1 aromatic carbocycles. The number of aliphatic hydroxyl groups excluding tert-OH is 1. The summed E-state index contributed by atoms with van der Waals surface area (Å²) in [6, 6.07) is 6.56. The Bertz CT molecular complexity index is 385. The van der Waals surface area contributed by atoms with Crippen molar-refractivity contribution in [2.75, 3.05) is 33.9 Å². The van der Waals surface area contributed by atoms with Gasteiger partial charge in [0.2, 0.25) is 0 Å². The number of hydrogen-bond donors (Lipinski definition) is 1. The van der Waals surface area contributed by atoms with Crippen LogP contribution in [-0.4, -0.2) is 43.9 Å². The fourth-order valence-corrected chi connectivity index (χ4v) is 2.55. The zero-order valence-corrected chi connectivity index (χ0v) is 10.2. The number of nitrogens with zero attached hydrogens (tertiary/aromatic N) is 1. The fraction of sp³-hybridized carbons (Fsp3) is 0.538. The zero-order chi connectivity index (χ0) is 12.5. The average molecular weight is 239 g/mol. The second kappa shape index (κ2) is 4.72. The van der Waals surface area contributed by atoms with E-state index < -0.39 is 0 Å². The molecule has 0 saturated carbocycles. The van der Waals surface area contributed by atoms with E-state index in [1.165, 1.54) is 6.07 Å². The van der Waals surface area contributed by atoms with E-state index >= 15 is 0 Å². The van der Waals surface area contributed by atoms with E-state index in [4.69, 9.17) is 4.74 Å². The van der Waals surface area contributed by atoms with Crippen molar-refractivity contribution in [2.24, 2.45) is 5.41 Å². The second-order valence-electron chi connectivity index (χ2n) is 4.90. The first-order valence-corrected chi connectivity index (χ1v) is 5.70. The fourth-order valence-electron chi connectivity index (χ4n) is 2.55. The molecule has 0 radical (unpaired) electrons. The quantitative estimate of drug-likeness (QED) is 0.863. The maximum absolute atomic E-state index is 13.9. The molecule has 94 valence electrons. The number of hydrogen-bond acceptors (Lipinski definition) is 3. The smallest absolute Gasteiger partial charge is 0.128 e. The van der Waals surface area contributed by atoms with Crippen LogP contribution in [0.25, 0.3) is 0 Å². The number of benzene rings is 1. The van der Waals surface area contributed by atoms with Crippen LogP contribution in [0.5, 0.6) is 0 Å². The summed E-state index contributed by atoms with van der Waals surface area (Å²) in [5.41, 5.74) is 0.237. The Balaban J connectivity index is 2.39. The molecule has 0 aliphatic carbocycles. The van der Waals surface area contributed by atoms with Crippen LogP contribution in [0.15, 0.2) is 24.3 Å². The average Bonchev–Trinajstić information content (AvgIpc) is 2.24. The molecule has 1 N–H and O–H groups in total. The largest absolute Gasteiger partial charge is 0.396 e. The summed E-state index contributed by atoms with van der Waals surface area (Å²) in [5, 5.41) is 9.58. The molecule has 4 heteroatoms. The summed E-state index contributed by atoms with van der Waals surface area (Å²) in [6.45, 7) is 0.950. The van der Waals surface area contributed by atoms with Gasteiger partial charge in [0.1, 0.15) is 5.82 Å². The molecule has 0 spiro atoms. The van der Waals surface area contributed by atoms with E-state index in [2.05, 4.69) is 0 Å². The topological polar surface area (TPSA) is 32.7 Å². The molecular formula is C13H18FNO2. The second-order valence-corrected chi connectivity index (χ2v) is 4.90. The van der Waals surface area contributed by atoms with Gasteiger partial charge in [0.05, 0.1) is 25.2 Å². The molecule has 0 amide bonds. The lowest BCUT2D eigenvalue weighted by atomic mass is 9.75. The molecule has 0 aromatic heterocycles. The van der Waals surface area contributed by atoms with Gasteiger partial charge in [-0.25, -0.2) is 4.39 Å². The minimum atomic E-state index is -0.383. The highest BCUT2D eigenvalue weighted by atomic mass is 19.1. The van der Waals surface area contributed by atoms with E-state index in [9.17, 15) is 9.50 Å². The van der Waals surface area contributed by atoms with Crippen LogP contribution >= 0.6 is 0 Å². The molecule has 1 aliphatic heterocycles. The summed E-state index contributed by atoms with van der Waals surface area (Å²) in [7, 11) is 3.79. The van der Waals surface area contributed by atoms with Gasteiger partial charge in [0, 0.05) is 11.6 Å². The highest BCUT2D eigenvalue weighted by Gasteiger charge is 2.47.